The highest BCUT2D eigenvalue weighted by Crippen LogP contribution is 2.22. The highest BCUT2D eigenvalue weighted by Gasteiger charge is 2.12. The summed E-state index contributed by atoms with van der Waals surface area (Å²) in [5.41, 5.74) is 3.32. The van der Waals surface area contributed by atoms with Crippen molar-refractivity contribution in [1.82, 2.24) is 0 Å². The molecule has 0 heterocycles. The molecule has 1 N–H and O–H groups in total. The Balaban J connectivity index is 1.67. The Morgan fingerprint density at radius 3 is 2.20 bits per heavy atom. The second kappa shape index (κ2) is 10.2. The molecular formula is C24H23NO5. The minimum Gasteiger partial charge on any atom is -0.496 e. The average molecular weight is 405 g/mol. The van der Waals surface area contributed by atoms with E-state index in [4.69, 9.17) is 9.47 Å². The summed E-state index contributed by atoms with van der Waals surface area (Å²) in [5.74, 6) is -0.0435. The van der Waals surface area contributed by atoms with Crippen LogP contribution in [-0.2, 0) is 22.7 Å². The first kappa shape index (κ1) is 21.1. The van der Waals surface area contributed by atoms with Gasteiger partial charge in [0.1, 0.15) is 5.75 Å². The quantitative estimate of drug-likeness (QED) is 0.561. The fourth-order valence-corrected chi connectivity index (χ4v) is 2.90. The molecule has 6 heteroatoms. The van der Waals surface area contributed by atoms with Gasteiger partial charge in [-0.3, -0.25) is 4.79 Å². The molecule has 3 aromatic rings. The number of nitrogens with one attached hydrogen (secondary N) is 1. The standard InChI is InChI=1S/C24H23NO5/c1-28-22-13-10-19(14-20(22)16-30-15-17-6-4-3-5-7-17)23(26)25-21-11-8-18(9-12-21)24(27)29-2/h3-14H,15-16H2,1-2H3,(H,25,26). The Bertz CT molecular complexity index is 1000. The van der Waals surface area contributed by atoms with Gasteiger partial charge in [-0.05, 0) is 48.0 Å². The Morgan fingerprint density at radius 2 is 1.53 bits per heavy atom. The Kier molecular flexibility index (Phi) is 7.19. The summed E-state index contributed by atoms with van der Waals surface area (Å²) in [4.78, 5) is 24.2. The molecule has 0 spiro atoms. The van der Waals surface area contributed by atoms with E-state index in [0.717, 1.165) is 11.1 Å². The molecule has 0 fully saturated rings. The van der Waals surface area contributed by atoms with Crippen LogP contribution < -0.4 is 10.1 Å². The van der Waals surface area contributed by atoms with Gasteiger partial charge in [0.15, 0.2) is 0 Å². The number of hydrogen-bond acceptors (Lipinski definition) is 5. The topological polar surface area (TPSA) is 73.9 Å². The van der Waals surface area contributed by atoms with E-state index < -0.39 is 5.97 Å². The van der Waals surface area contributed by atoms with Gasteiger partial charge in [0.05, 0.1) is 33.0 Å². The van der Waals surface area contributed by atoms with Crippen molar-refractivity contribution in [3.63, 3.8) is 0 Å². The van der Waals surface area contributed by atoms with Crippen molar-refractivity contribution in [3.05, 3.63) is 95.1 Å². The molecule has 0 saturated heterocycles. The van der Waals surface area contributed by atoms with Crippen LogP contribution in [0.4, 0.5) is 5.69 Å². The van der Waals surface area contributed by atoms with Gasteiger partial charge < -0.3 is 19.5 Å². The lowest BCUT2D eigenvalue weighted by molar-refractivity contribution is 0.0600. The van der Waals surface area contributed by atoms with Crippen molar-refractivity contribution in [2.45, 2.75) is 13.2 Å². The number of anilines is 1. The number of amides is 1. The minimum atomic E-state index is -0.428. The zero-order valence-electron chi connectivity index (χ0n) is 16.9. The van der Waals surface area contributed by atoms with E-state index in [1.807, 2.05) is 30.3 Å². The first-order valence-corrected chi connectivity index (χ1v) is 9.39. The van der Waals surface area contributed by atoms with E-state index in [1.54, 1.807) is 49.6 Å². The summed E-state index contributed by atoms with van der Waals surface area (Å²) in [6, 6.07) is 21.5. The predicted molar refractivity (Wildman–Crippen MR) is 114 cm³/mol. The van der Waals surface area contributed by atoms with Crippen LogP contribution in [0.15, 0.2) is 72.8 Å². The largest absolute Gasteiger partial charge is 0.496 e. The maximum Gasteiger partial charge on any atom is 0.337 e. The monoisotopic (exact) mass is 405 g/mol. The molecule has 0 aliphatic heterocycles. The summed E-state index contributed by atoms with van der Waals surface area (Å²) in [7, 11) is 2.90. The van der Waals surface area contributed by atoms with E-state index in [9.17, 15) is 9.59 Å². The van der Waals surface area contributed by atoms with E-state index in [0.29, 0.717) is 35.8 Å². The van der Waals surface area contributed by atoms with Gasteiger partial charge in [-0.2, -0.15) is 0 Å². The third-order valence-electron chi connectivity index (χ3n) is 4.48. The molecule has 3 aromatic carbocycles. The molecule has 154 valence electrons. The molecular weight excluding hydrogens is 382 g/mol. The Hall–Kier alpha value is -3.64. The SMILES string of the molecule is COC(=O)c1ccc(NC(=O)c2ccc(OC)c(COCc3ccccc3)c2)cc1. The second-order valence-electron chi connectivity index (χ2n) is 6.53. The summed E-state index contributed by atoms with van der Waals surface area (Å²) in [5, 5.41) is 2.82. The van der Waals surface area contributed by atoms with Crippen molar-refractivity contribution in [3.8, 4) is 5.75 Å². The maximum atomic E-state index is 12.7. The highest BCUT2D eigenvalue weighted by atomic mass is 16.5. The van der Waals surface area contributed by atoms with E-state index in [1.165, 1.54) is 7.11 Å². The third kappa shape index (κ3) is 5.46. The number of carbonyl (C=O) groups excluding carboxylic acids is 2. The molecule has 0 saturated carbocycles. The normalized spacial score (nSPS) is 10.3. The fraction of sp³-hybridized carbons (Fsp3) is 0.167. The number of rotatable bonds is 8. The lowest BCUT2D eigenvalue weighted by atomic mass is 10.1. The van der Waals surface area contributed by atoms with Gasteiger partial charge in [-0.25, -0.2) is 4.79 Å². The van der Waals surface area contributed by atoms with Crippen LogP contribution in [0.2, 0.25) is 0 Å². The smallest absolute Gasteiger partial charge is 0.337 e. The summed E-state index contributed by atoms with van der Waals surface area (Å²) < 4.78 is 15.9. The zero-order valence-corrected chi connectivity index (χ0v) is 16.9. The number of methoxy groups -OCH3 is 2. The summed E-state index contributed by atoms with van der Waals surface area (Å²) in [6.45, 7) is 0.778. The number of ether oxygens (including phenoxy) is 3. The number of esters is 1. The summed E-state index contributed by atoms with van der Waals surface area (Å²) in [6.07, 6.45) is 0. The molecule has 1 amide bonds. The van der Waals surface area contributed by atoms with Crippen LogP contribution in [0, 0.1) is 0 Å². The fourth-order valence-electron chi connectivity index (χ4n) is 2.90. The van der Waals surface area contributed by atoms with Crippen molar-refractivity contribution in [2.24, 2.45) is 0 Å². The van der Waals surface area contributed by atoms with Gasteiger partial charge in [0.2, 0.25) is 0 Å². The van der Waals surface area contributed by atoms with Crippen LogP contribution in [0.1, 0.15) is 31.8 Å². The minimum absolute atomic E-state index is 0.271. The van der Waals surface area contributed by atoms with Crippen molar-refractivity contribution >= 4 is 17.6 Å². The Labute approximate surface area is 175 Å². The van der Waals surface area contributed by atoms with Gasteiger partial charge in [0, 0.05) is 16.8 Å². The predicted octanol–water partition coefficient (Wildman–Crippen LogP) is 4.45. The van der Waals surface area contributed by atoms with Crippen molar-refractivity contribution in [1.29, 1.82) is 0 Å². The molecule has 0 aliphatic carbocycles. The van der Waals surface area contributed by atoms with Crippen molar-refractivity contribution in [2.75, 3.05) is 19.5 Å². The van der Waals surface area contributed by atoms with Crippen LogP contribution in [0.5, 0.6) is 5.75 Å². The molecule has 0 unspecified atom stereocenters. The van der Waals surface area contributed by atoms with Crippen LogP contribution in [0.3, 0.4) is 0 Å². The number of hydrogen-bond donors (Lipinski definition) is 1. The molecule has 6 nitrogen and oxygen atoms in total. The molecule has 0 aromatic heterocycles. The van der Waals surface area contributed by atoms with Gasteiger partial charge in [-0.15, -0.1) is 0 Å². The first-order valence-electron chi connectivity index (χ1n) is 9.39. The lowest BCUT2D eigenvalue weighted by Gasteiger charge is -2.12. The zero-order chi connectivity index (χ0) is 21.3. The van der Waals surface area contributed by atoms with Crippen LogP contribution in [-0.4, -0.2) is 26.1 Å². The molecule has 0 atom stereocenters. The molecule has 0 aliphatic rings. The van der Waals surface area contributed by atoms with Crippen LogP contribution in [0.25, 0.3) is 0 Å². The van der Waals surface area contributed by atoms with E-state index in [-0.39, 0.29) is 5.91 Å². The second-order valence-corrected chi connectivity index (χ2v) is 6.53. The molecule has 3 rings (SSSR count). The molecule has 0 radical (unpaired) electrons. The average Bonchev–Trinajstić information content (AvgIpc) is 2.79. The number of benzene rings is 3. The molecule has 30 heavy (non-hydrogen) atoms. The van der Waals surface area contributed by atoms with Gasteiger partial charge in [-0.1, -0.05) is 30.3 Å². The summed E-state index contributed by atoms with van der Waals surface area (Å²) >= 11 is 0. The Morgan fingerprint density at radius 1 is 0.833 bits per heavy atom. The third-order valence-corrected chi connectivity index (χ3v) is 4.48. The highest BCUT2D eigenvalue weighted by molar-refractivity contribution is 6.04. The van der Waals surface area contributed by atoms with Crippen LogP contribution >= 0.6 is 0 Å². The van der Waals surface area contributed by atoms with Gasteiger partial charge in [0.25, 0.3) is 5.91 Å². The van der Waals surface area contributed by atoms with E-state index >= 15 is 0 Å². The lowest BCUT2D eigenvalue weighted by Crippen LogP contribution is -2.13. The number of carbonyl (C=O) groups is 2. The first-order chi connectivity index (χ1) is 14.6. The van der Waals surface area contributed by atoms with Crippen molar-refractivity contribution < 1.29 is 23.8 Å². The van der Waals surface area contributed by atoms with E-state index in [2.05, 4.69) is 10.1 Å². The molecule has 0 bridgehead atoms. The maximum absolute atomic E-state index is 12.7. The van der Waals surface area contributed by atoms with Gasteiger partial charge >= 0.3 is 5.97 Å².